The molecular formula is C17H25ClN2O3S. The zero-order chi connectivity index (χ0) is 17.4. The zero-order valence-corrected chi connectivity index (χ0v) is 15.6. The predicted molar refractivity (Wildman–Crippen MR) is 96.8 cm³/mol. The van der Waals surface area contributed by atoms with Gasteiger partial charge in [0, 0.05) is 19.6 Å². The van der Waals surface area contributed by atoms with Gasteiger partial charge < -0.3 is 15.0 Å². The molecule has 0 unspecified atom stereocenters. The van der Waals surface area contributed by atoms with Crippen molar-refractivity contribution in [2.75, 3.05) is 26.2 Å². The molecule has 1 aliphatic rings. The number of hydrogen-bond donors (Lipinski definition) is 1. The van der Waals surface area contributed by atoms with Crippen molar-refractivity contribution in [3.8, 4) is 0 Å². The summed E-state index contributed by atoms with van der Waals surface area (Å²) in [6.45, 7) is 4.64. The maximum Gasteiger partial charge on any atom is 0.409 e. The van der Waals surface area contributed by atoms with Crippen molar-refractivity contribution < 1.29 is 14.3 Å². The summed E-state index contributed by atoms with van der Waals surface area (Å²) in [6.07, 6.45) is 4.81. The molecule has 2 heterocycles. The van der Waals surface area contributed by atoms with E-state index in [0.29, 0.717) is 22.4 Å². The number of carbonyl (C=O) groups excluding carboxylic acids is 2. The quantitative estimate of drug-likeness (QED) is 0.781. The van der Waals surface area contributed by atoms with Crippen molar-refractivity contribution in [2.45, 2.75) is 39.0 Å². The summed E-state index contributed by atoms with van der Waals surface area (Å²) in [6, 6.07) is 3.44. The Bertz CT molecular complexity index is 544. The van der Waals surface area contributed by atoms with E-state index in [1.165, 1.54) is 17.8 Å². The zero-order valence-electron chi connectivity index (χ0n) is 14.1. The van der Waals surface area contributed by atoms with Gasteiger partial charge >= 0.3 is 6.09 Å². The Kier molecular flexibility index (Phi) is 7.85. The molecule has 0 spiro atoms. The molecule has 1 atom stereocenters. The number of thiophene rings is 1. The lowest BCUT2D eigenvalue weighted by atomic mass is 10.0. The van der Waals surface area contributed by atoms with Gasteiger partial charge in [0.15, 0.2) is 0 Å². The molecule has 1 aromatic heterocycles. The number of nitrogens with zero attached hydrogens (tertiary/aromatic N) is 1. The highest BCUT2D eigenvalue weighted by molar-refractivity contribution is 7.17. The standard InChI is InChI=1S/C17H25ClN2O3S/c1-2-13(12-23-17(22)20-10-4-3-5-11-20)8-9-19-16(21)14-6-7-15(18)24-14/h6-7,13H,2-5,8-12H2,1H3,(H,19,21)/t13-/m0/s1. The third-order valence-corrected chi connectivity index (χ3v) is 5.50. The van der Waals surface area contributed by atoms with Gasteiger partial charge in [0.05, 0.1) is 15.8 Å². The highest BCUT2D eigenvalue weighted by Crippen LogP contribution is 2.21. The molecule has 0 aliphatic carbocycles. The van der Waals surface area contributed by atoms with Crippen LogP contribution in [0.1, 0.15) is 48.7 Å². The lowest BCUT2D eigenvalue weighted by molar-refractivity contribution is 0.0783. The van der Waals surface area contributed by atoms with Crippen molar-refractivity contribution in [3.05, 3.63) is 21.3 Å². The molecule has 0 radical (unpaired) electrons. The molecule has 0 saturated carbocycles. The second-order valence-electron chi connectivity index (χ2n) is 6.05. The Balaban J connectivity index is 1.66. The van der Waals surface area contributed by atoms with Gasteiger partial charge in [0.25, 0.3) is 5.91 Å². The highest BCUT2D eigenvalue weighted by Gasteiger charge is 2.19. The van der Waals surface area contributed by atoms with Crippen LogP contribution in [-0.4, -0.2) is 43.1 Å². The highest BCUT2D eigenvalue weighted by atomic mass is 35.5. The van der Waals surface area contributed by atoms with Crippen LogP contribution in [0.4, 0.5) is 4.79 Å². The first-order chi connectivity index (χ1) is 11.6. The van der Waals surface area contributed by atoms with Crippen molar-refractivity contribution in [1.29, 1.82) is 0 Å². The first-order valence-corrected chi connectivity index (χ1v) is 9.74. The molecule has 0 bridgehead atoms. The number of rotatable bonds is 7. The molecule has 1 fully saturated rings. The number of hydrogen-bond acceptors (Lipinski definition) is 4. The molecule has 24 heavy (non-hydrogen) atoms. The summed E-state index contributed by atoms with van der Waals surface area (Å²) in [5, 5.41) is 2.89. The third-order valence-electron chi connectivity index (χ3n) is 4.27. The summed E-state index contributed by atoms with van der Waals surface area (Å²) in [7, 11) is 0. The Morgan fingerprint density at radius 3 is 2.71 bits per heavy atom. The molecular weight excluding hydrogens is 348 g/mol. The third kappa shape index (κ3) is 5.98. The Labute approximate surface area is 152 Å². The van der Waals surface area contributed by atoms with Gasteiger partial charge in [0.1, 0.15) is 0 Å². The topological polar surface area (TPSA) is 58.6 Å². The lowest BCUT2D eigenvalue weighted by Gasteiger charge is -2.26. The van der Waals surface area contributed by atoms with Gasteiger partial charge in [-0.25, -0.2) is 4.79 Å². The molecule has 1 aromatic rings. The maximum atomic E-state index is 12.0. The summed E-state index contributed by atoms with van der Waals surface area (Å²) in [5.74, 6) is 0.151. The van der Waals surface area contributed by atoms with E-state index in [2.05, 4.69) is 12.2 Å². The van der Waals surface area contributed by atoms with E-state index in [9.17, 15) is 9.59 Å². The van der Waals surface area contributed by atoms with E-state index >= 15 is 0 Å². The fraction of sp³-hybridized carbons (Fsp3) is 0.647. The summed E-state index contributed by atoms with van der Waals surface area (Å²) >= 11 is 7.10. The number of carbonyl (C=O) groups is 2. The molecule has 1 N–H and O–H groups in total. The fourth-order valence-corrected chi connectivity index (χ4v) is 3.63. The van der Waals surface area contributed by atoms with Crippen molar-refractivity contribution in [2.24, 2.45) is 5.92 Å². The predicted octanol–water partition coefficient (Wildman–Crippen LogP) is 4.17. The Morgan fingerprint density at radius 1 is 1.33 bits per heavy atom. The monoisotopic (exact) mass is 372 g/mol. The van der Waals surface area contributed by atoms with Gasteiger partial charge in [-0.15, -0.1) is 11.3 Å². The minimum Gasteiger partial charge on any atom is -0.449 e. The maximum absolute atomic E-state index is 12.0. The largest absolute Gasteiger partial charge is 0.449 e. The number of piperidine rings is 1. The van der Waals surface area contributed by atoms with Crippen LogP contribution in [0.3, 0.4) is 0 Å². The molecule has 1 saturated heterocycles. The van der Waals surface area contributed by atoms with Crippen molar-refractivity contribution >= 4 is 34.9 Å². The molecule has 134 valence electrons. The molecule has 1 aliphatic heterocycles. The number of halogens is 1. The summed E-state index contributed by atoms with van der Waals surface area (Å²) in [5.41, 5.74) is 0. The van der Waals surface area contributed by atoms with Crippen LogP contribution in [0.5, 0.6) is 0 Å². The molecule has 2 rings (SSSR count). The van der Waals surface area contributed by atoms with Crippen LogP contribution < -0.4 is 5.32 Å². The van der Waals surface area contributed by atoms with E-state index in [4.69, 9.17) is 16.3 Å². The normalized spacial score (nSPS) is 15.8. The average Bonchev–Trinajstić information content (AvgIpc) is 3.04. The van der Waals surface area contributed by atoms with Crippen LogP contribution in [0.15, 0.2) is 12.1 Å². The molecule has 7 heteroatoms. The molecule has 5 nitrogen and oxygen atoms in total. The number of ether oxygens (including phenoxy) is 1. The SMILES string of the molecule is CC[C@@H](CCNC(=O)c1ccc(Cl)s1)COC(=O)N1CCCCC1. The van der Waals surface area contributed by atoms with Crippen molar-refractivity contribution in [3.63, 3.8) is 0 Å². The van der Waals surface area contributed by atoms with E-state index in [1.54, 1.807) is 17.0 Å². The van der Waals surface area contributed by atoms with Gasteiger partial charge in [-0.1, -0.05) is 18.5 Å². The average molecular weight is 373 g/mol. The second-order valence-corrected chi connectivity index (χ2v) is 7.76. The fourth-order valence-electron chi connectivity index (χ4n) is 2.68. The molecule has 0 aromatic carbocycles. The Hall–Kier alpha value is -1.27. The first kappa shape index (κ1) is 19.1. The molecule has 2 amide bonds. The summed E-state index contributed by atoms with van der Waals surface area (Å²) < 4.78 is 6.05. The number of nitrogens with one attached hydrogen (secondary N) is 1. The second kappa shape index (κ2) is 9.89. The van der Waals surface area contributed by atoms with E-state index < -0.39 is 0 Å². The van der Waals surface area contributed by atoms with Crippen molar-refractivity contribution in [1.82, 2.24) is 10.2 Å². The smallest absolute Gasteiger partial charge is 0.409 e. The van der Waals surface area contributed by atoms with Crippen LogP contribution in [-0.2, 0) is 4.74 Å². The van der Waals surface area contributed by atoms with E-state index in [0.717, 1.165) is 38.8 Å². The first-order valence-electron chi connectivity index (χ1n) is 8.55. The minimum atomic E-state index is -0.203. The Morgan fingerprint density at radius 2 is 2.08 bits per heavy atom. The summed E-state index contributed by atoms with van der Waals surface area (Å²) in [4.78, 5) is 26.4. The lowest BCUT2D eigenvalue weighted by Crippen LogP contribution is -2.37. The van der Waals surface area contributed by atoms with Crippen LogP contribution in [0.2, 0.25) is 4.34 Å². The van der Waals surface area contributed by atoms with Crippen LogP contribution in [0, 0.1) is 5.92 Å². The van der Waals surface area contributed by atoms with E-state index in [-0.39, 0.29) is 17.9 Å². The van der Waals surface area contributed by atoms with Gasteiger partial charge in [0.2, 0.25) is 0 Å². The van der Waals surface area contributed by atoms with Crippen LogP contribution >= 0.6 is 22.9 Å². The van der Waals surface area contributed by atoms with Gasteiger partial charge in [-0.3, -0.25) is 4.79 Å². The van der Waals surface area contributed by atoms with Gasteiger partial charge in [-0.05, 0) is 50.2 Å². The number of amides is 2. The van der Waals surface area contributed by atoms with Gasteiger partial charge in [-0.2, -0.15) is 0 Å². The van der Waals surface area contributed by atoms with Crippen LogP contribution in [0.25, 0.3) is 0 Å². The number of likely N-dealkylation sites (tertiary alicyclic amines) is 1. The van der Waals surface area contributed by atoms with E-state index in [1.807, 2.05) is 0 Å². The minimum absolute atomic E-state index is 0.105.